The normalized spacial score (nSPS) is 14.6. The Morgan fingerprint density at radius 2 is 1.57 bits per heavy atom. The molecule has 1 aromatic carbocycles. The lowest BCUT2D eigenvalue weighted by atomic mass is 10.1. The van der Waals surface area contributed by atoms with Gasteiger partial charge in [-0.1, -0.05) is 6.07 Å². The van der Waals surface area contributed by atoms with E-state index in [-0.39, 0.29) is 12.1 Å². The predicted octanol–water partition coefficient (Wildman–Crippen LogP) is 2.92. The molecule has 1 fully saturated rings. The summed E-state index contributed by atoms with van der Waals surface area (Å²) in [6.45, 7) is 10.2. The summed E-state index contributed by atoms with van der Waals surface area (Å²) < 4.78 is 4.98. The number of carbonyl (C=O) groups is 2. The molecule has 0 saturated carbocycles. The first-order valence-corrected chi connectivity index (χ1v) is 7.97. The van der Waals surface area contributed by atoms with E-state index < -0.39 is 0 Å². The summed E-state index contributed by atoms with van der Waals surface area (Å²) in [5, 5.41) is 2.97. The van der Waals surface area contributed by atoms with Crippen LogP contribution < -0.4 is 5.32 Å². The molecule has 2 rings (SSSR count). The number of urea groups is 1. The molecule has 0 unspecified atom stereocenters. The van der Waals surface area contributed by atoms with Crippen molar-refractivity contribution < 1.29 is 14.3 Å². The third kappa shape index (κ3) is 4.15. The fourth-order valence-electron chi connectivity index (χ4n) is 2.60. The Bertz CT molecular complexity index is 593. The molecule has 6 heteroatoms. The van der Waals surface area contributed by atoms with Gasteiger partial charge < -0.3 is 19.9 Å². The Hall–Kier alpha value is -2.24. The van der Waals surface area contributed by atoms with E-state index in [1.807, 2.05) is 19.9 Å². The molecule has 23 heavy (non-hydrogen) atoms. The summed E-state index contributed by atoms with van der Waals surface area (Å²) in [5.74, 6) is 0. The fraction of sp³-hybridized carbons (Fsp3) is 0.529. The average molecular weight is 319 g/mol. The number of amides is 3. The molecule has 3 amide bonds. The van der Waals surface area contributed by atoms with Crippen LogP contribution in [0, 0.1) is 20.8 Å². The summed E-state index contributed by atoms with van der Waals surface area (Å²) in [7, 11) is 0. The third-order valence-electron chi connectivity index (χ3n) is 4.18. The van der Waals surface area contributed by atoms with Crippen molar-refractivity contribution in [1.29, 1.82) is 0 Å². The molecule has 1 aliphatic rings. The first kappa shape index (κ1) is 17.1. The zero-order valence-corrected chi connectivity index (χ0v) is 14.3. The van der Waals surface area contributed by atoms with Crippen molar-refractivity contribution in [3.63, 3.8) is 0 Å². The molecule has 1 saturated heterocycles. The van der Waals surface area contributed by atoms with Crippen LogP contribution in [0.4, 0.5) is 15.3 Å². The molecule has 1 heterocycles. The van der Waals surface area contributed by atoms with E-state index in [4.69, 9.17) is 4.74 Å². The van der Waals surface area contributed by atoms with Crippen molar-refractivity contribution in [2.75, 3.05) is 38.1 Å². The second kappa shape index (κ2) is 7.35. The molecule has 1 N–H and O–H groups in total. The number of carbonyl (C=O) groups excluding carboxylic acids is 2. The van der Waals surface area contributed by atoms with E-state index in [2.05, 4.69) is 18.3 Å². The zero-order chi connectivity index (χ0) is 17.0. The third-order valence-corrected chi connectivity index (χ3v) is 4.18. The largest absolute Gasteiger partial charge is 0.450 e. The number of nitrogens with zero attached hydrogens (tertiary/aromatic N) is 2. The monoisotopic (exact) mass is 319 g/mol. The number of benzene rings is 1. The second-order valence-electron chi connectivity index (χ2n) is 5.85. The minimum atomic E-state index is -0.308. The lowest BCUT2D eigenvalue weighted by Crippen LogP contribution is -2.51. The fourth-order valence-corrected chi connectivity index (χ4v) is 2.60. The van der Waals surface area contributed by atoms with E-state index in [0.717, 1.165) is 16.8 Å². The van der Waals surface area contributed by atoms with Gasteiger partial charge in [0.25, 0.3) is 0 Å². The Labute approximate surface area is 137 Å². The Morgan fingerprint density at radius 3 is 2.17 bits per heavy atom. The number of piperazine rings is 1. The van der Waals surface area contributed by atoms with Crippen molar-refractivity contribution in [1.82, 2.24) is 9.80 Å². The number of aryl methyl sites for hydroxylation is 3. The van der Waals surface area contributed by atoms with Gasteiger partial charge in [0.05, 0.1) is 6.61 Å². The van der Waals surface area contributed by atoms with E-state index in [0.29, 0.717) is 32.8 Å². The highest BCUT2D eigenvalue weighted by molar-refractivity contribution is 5.90. The van der Waals surface area contributed by atoms with Crippen LogP contribution in [-0.4, -0.2) is 54.7 Å². The van der Waals surface area contributed by atoms with Crippen molar-refractivity contribution in [3.05, 3.63) is 28.8 Å². The van der Waals surface area contributed by atoms with Gasteiger partial charge in [-0.3, -0.25) is 0 Å². The van der Waals surface area contributed by atoms with Gasteiger partial charge in [-0.05, 0) is 50.5 Å². The quantitative estimate of drug-likeness (QED) is 0.911. The Kier molecular flexibility index (Phi) is 5.47. The summed E-state index contributed by atoms with van der Waals surface area (Å²) in [4.78, 5) is 27.4. The van der Waals surface area contributed by atoms with E-state index >= 15 is 0 Å². The highest BCUT2D eigenvalue weighted by atomic mass is 16.6. The molecule has 0 aliphatic carbocycles. The molecule has 1 aliphatic heterocycles. The number of hydrogen-bond acceptors (Lipinski definition) is 3. The van der Waals surface area contributed by atoms with E-state index in [1.165, 1.54) is 5.56 Å². The smallest absolute Gasteiger partial charge is 0.409 e. The number of nitrogens with one attached hydrogen (secondary N) is 1. The van der Waals surface area contributed by atoms with Crippen molar-refractivity contribution in [2.24, 2.45) is 0 Å². The van der Waals surface area contributed by atoms with Crippen LogP contribution in [0.1, 0.15) is 23.6 Å². The van der Waals surface area contributed by atoms with Crippen LogP contribution in [0.3, 0.4) is 0 Å². The van der Waals surface area contributed by atoms with Crippen molar-refractivity contribution >= 4 is 17.8 Å². The van der Waals surface area contributed by atoms with E-state index in [9.17, 15) is 9.59 Å². The maximum Gasteiger partial charge on any atom is 0.409 e. The van der Waals surface area contributed by atoms with Crippen LogP contribution in [0.5, 0.6) is 0 Å². The highest BCUT2D eigenvalue weighted by Crippen LogP contribution is 2.20. The van der Waals surface area contributed by atoms with Crippen molar-refractivity contribution in [3.8, 4) is 0 Å². The molecule has 6 nitrogen and oxygen atoms in total. The summed E-state index contributed by atoms with van der Waals surface area (Å²) in [6.07, 6.45) is -0.308. The van der Waals surface area contributed by atoms with Gasteiger partial charge in [-0.25, -0.2) is 9.59 Å². The SMILES string of the molecule is CCOC(=O)N1CCN(C(=O)Nc2cc(C)c(C)cc2C)CC1. The second-order valence-corrected chi connectivity index (χ2v) is 5.85. The van der Waals surface area contributed by atoms with E-state index in [1.54, 1.807) is 16.7 Å². The van der Waals surface area contributed by atoms with Gasteiger partial charge in [-0.15, -0.1) is 0 Å². The van der Waals surface area contributed by atoms with Crippen molar-refractivity contribution in [2.45, 2.75) is 27.7 Å². The maximum atomic E-state index is 12.4. The molecule has 1 aromatic rings. The Balaban J connectivity index is 1.93. The molecule has 0 bridgehead atoms. The minimum Gasteiger partial charge on any atom is -0.450 e. The lowest BCUT2D eigenvalue weighted by molar-refractivity contribution is 0.0868. The Morgan fingerprint density at radius 1 is 1.00 bits per heavy atom. The first-order chi connectivity index (χ1) is 10.9. The molecular weight excluding hydrogens is 294 g/mol. The van der Waals surface area contributed by atoms with Gasteiger partial charge >= 0.3 is 12.1 Å². The number of hydrogen-bond donors (Lipinski definition) is 1. The van der Waals surface area contributed by atoms with Gasteiger partial charge in [0.2, 0.25) is 0 Å². The number of ether oxygens (including phenoxy) is 1. The maximum absolute atomic E-state index is 12.4. The number of rotatable bonds is 2. The molecule has 0 atom stereocenters. The van der Waals surface area contributed by atoms with Crippen LogP contribution in [0.2, 0.25) is 0 Å². The molecule has 0 spiro atoms. The highest BCUT2D eigenvalue weighted by Gasteiger charge is 2.25. The summed E-state index contributed by atoms with van der Waals surface area (Å²) in [6, 6.07) is 3.95. The molecular formula is C17H25N3O3. The molecule has 126 valence electrons. The minimum absolute atomic E-state index is 0.125. The molecule has 0 aromatic heterocycles. The standard InChI is InChI=1S/C17H25N3O3/c1-5-23-17(22)20-8-6-19(7-9-20)16(21)18-15-11-13(3)12(2)10-14(15)4/h10-11H,5-9H2,1-4H3,(H,18,21). The van der Waals surface area contributed by atoms with Crippen LogP contribution in [0.25, 0.3) is 0 Å². The van der Waals surface area contributed by atoms with Crippen LogP contribution >= 0.6 is 0 Å². The van der Waals surface area contributed by atoms with Gasteiger partial charge in [0.15, 0.2) is 0 Å². The number of anilines is 1. The summed E-state index contributed by atoms with van der Waals surface area (Å²) >= 11 is 0. The van der Waals surface area contributed by atoms with Gasteiger partial charge in [-0.2, -0.15) is 0 Å². The van der Waals surface area contributed by atoms with Crippen LogP contribution in [-0.2, 0) is 4.74 Å². The predicted molar refractivity (Wildman–Crippen MR) is 89.8 cm³/mol. The zero-order valence-electron chi connectivity index (χ0n) is 14.3. The van der Waals surface area contributed by atoms with Gasteiger partial charge in [0, 0.05) is 31.9 Å². The first-order valence-electron chi connectivity index (χ1n) is 7.97. The average Bonchev–Trinajstić information content (AvgIpc) is 2.53. The topological polar surface area (TPSA) is 61.9 Å². The lowest BCUT2D eigenvalue weighted by Gasteiger charge is -2.34. The van der Waals surface area contributed by atoms with Crippen LogP contribution in [0.15, 0.2) is 12.1 Å². The molecule has 0 radical (unpaired) electrons. The summed E-state index contributed by atoms with van der Waals surface area (Å²) in [5.41, 5.74) is 4.25. The van der Waals surface area contributed by atoms with Gasteiger partial charge in [0.1, 0.15) is 0 Å².